The van der Waals surface area contributed by atoms with Crippen LogP contribution in [0.2, 0.25) is 5.02 Å². The van der Waals surface area contributed by atoms with E-state index in [1.54, 1.807) is 0 Å². The predicted octanol–water partition coefficient (Wildman–Crippen LogP) is 5.17. The second kappa shape index (κ2) is 10.4. The fraction of sp³-hybridized carbons (Fsp3) is 0.250. The number of halogens is 5. The van der Waals surface area contributed by atoms with E-state index in [0.717, 1.165) is 28.8 Å². The molecule has 0 N–H and O–H groups in total. The zero-order chi connectivity index (χ0) is 27.9. The van der Waals surface area contributed by atoms with E-state index in [2.05, 4.69) is 0 Å². The molecule has 0 saturated heterocycles. The van der Waals surface area contributed by atoms with Crippen LogP contribution in [0.25, 0.3) is 0 Å². The van der Waals surface area contributed by atoms with Gasteiger partial charge in [-0.05, 0) is 42.0 Å². The van der Waals surface area contributed by atoms with Crippen LogP contribution >= 0.6 is 11.6 Å². The number of rotatable bonds is 7. The van der Waals surface area contributed by atoms with Gasteiger partial charge < -0.3 is 4.74 Å². The van der Waals surface area contributed by atoms with E-state index in [1.165, 1.54) is 36.4 Å². The Morgan fingerprint density at radius 3 is 2.39 bits per heavy atom. The average Bonchev–Trinajstić information content (AvgIpc) is 2.82. The molecule has 0 fully saturated rings. The number of sulfonamides is 1. The largest absolute Gasteiger partial charge is 0.489 e. The zero-order valence-electron chi connectivity index (χ0n) is 19.6. The number of nitrogens with zero attached hydrogens (tertiary/aromatic N) is 1. The highest BCUT2D eigenvalue weighted by Gasteiger charge is 2.37. The lowest BCUT2D eigenvalue weighted by Crippen LogP contribution is -2.44. The van der Waals surface area contributed by atoms with Gasteiger partial charge in [0.15, 0.2) is 0 Å². The molecule has 3 aromatic rings. The maximum Gasteiger partial charge on any atom is 0.416 e. The molecule has 1 aliphatic heterocycles. The fourth-order valence-corrected chi connectivity index (χ4v) is 6.37. The van der Waals surface area contributed by atoms with Crippen molar-refractivity contribution in [2.24, 2.45) is 0 Å². The first kappa shape index (κ1) is 28.1. The van der Waals surface area contributed by atoms with E-state index in [0.29, 0.717) is 11.6 Å². The lowest BCUT2D eigenvalue weighted by Gasteiger charge is -2.35. The molecule has 0 aromatic heterocycles. The monoisotopic (exact) mass is 593 g/mol. The van der Waals surface area contributed by atoms with Crippen LogP contribution in [-0.4, -0.2) is 35.7 Å². The van der Waals surface area contributed by atoms with Crippen LogP contribution in [0.4, 0.5) is 23.2 Å². The van der Waals surface area contributed by atoms with Gasteiger partial charge in [-0.1, -0.05) is 29.8 Å². The van der Waals surface area contributed by atoms with Crippen molar-refractivity contribution in [3.05, 3.63) is 88.2 Å². The molecule has 38 heavy (non-hydrogen) atoms. The van der Waals surface area contributed by atoms with Gasteiger partial charge in [-0.25, -0.2) is 12.8 Å². The van der Waals surface area contributed by atoms with Crippen LogP contribution in [0.3, 0.4) is 0 Å². The SMILES string of the molecule is CS(=O)(=O)O[C@H]1Cc2ccc(OCc3c(F)cccc3Cl)cc2N(S(=O)(=O)c2cccc(C(F)(F)F)c2)C1. The summed E-state index contributed by atoms with van der Waals surface area (Å²) in [6.45, 7) is -0.786. The molecule has 1 atom stereocenters. The van der Waals surface area contributed by atoms with Crippen molar-refractivity contribution in [1.29, 1.82) is 0 Å². The van der Waals surface area contributed by atoms with Crippen molar-refractivity contribution in [2.45, 2.75) is 30.2 Å². The molecular formula is C24H20ClF4NO6S2. The number of hydrogen-bond donors (Lipinski definition) is 0. The van der Waals surface area contributed by atoms with Gasteiger partial charge in [-0.15, -0.1) is 0 Å². The second-order valence-electron chi connectivity index (χ2n) is 8.47. The summed E-state index contributed by atoms with van der Waals surface area (Å²) in [5, 5.41) is 0.123. The Bertz CT molecular complexity index is 1560. The van der Waals surface area contributed by atoms with Crippen LogP contribution in [0, 0.1) is 5.82 Å². The molecule has 3 aromatic carbocycles. The van der Waals surface area contributed by atoms with E-state index in [1.807, 2.05) is 0 Å². The first-order valence-corrected chi connectivity index (χ1v) is 14.6. The van der Waals surface area contributed by atoms with Gasteiger partial charge >= 0.3 is 6.18 Å². The lowest BCUT2D eigenvalue weighted by molar-refractivity contribution is -0.137. The summed E-state index contributed by atoms with van der Waals surface area (Å²) in [6.07, 6.45) is -5.13. The third kappa shape index (κ3) is 6.22. The van der Waals surface area contributed by atoms with Crippen molar-refractivity contribution in [3.8, 4) is 5.75 Å². The molecule has 0 bridgehead atoms. The minimum atomic E-state index is -4.79. The summed E-state index contributed by atoms with van der Waals surface area (Å²) in [6, 6.07) is 11.6. The summed E-state index contributed by atoms with van der Waals surface area (Å²) < 4.78 is 116. The molecule has 1 heterocycles. The van der Waals surface area contributed by atoms with E-state index >= 15 is 0 Å². The highest BCUT2D eigenvalue weighted by atomic mass is 35.5. The maximum atomic E-state index is 14.1. The Morgan fingerprint density at radius 2 is 1.74 bits per heavy atom. The summed E-state index contributed by atoms with van der Waals surface area (Å²) in [5.41, 5.74) is -0.704. The van der Waals surface area contributed by atoms with Crippen LogP contribution in [0.15, 0.2) is 65.6 Å². The minimum absolute atomic E-state index is 0.00354. The van der Waals surface area contributed by atoms with Crippen LogP contribution < -0.4 is 9.04 Å². The summed E-state index contributed by atoms with van der Waals surface area (Å²) in [5.74, 6) is -0.486. The highest BCUT2D eigenvalue weighted by molar-refractivity contribution is 7.92. The zero-order valence-corrected chi connectivity index (χ0v) is 22.0. The van der Waals surface area contributed by atoms with Gasteiger partial charge in [-0.2, -0.15) is 21.6 Å². The third-order valence-corrected chi connectivity index (χ3v) is 8.40. The Labute approximate surface area is 221 Å². The number of fused-ring (bicyclic) bond motifs is 1. The first-order valence-electron chi connectivity index (χ1n) is 10.9. The van der Waals surface area contributed by atoms with E-state index in [-0.39, 0.29) is 35.1 Å². The fourth-order valence-electron chi connectivity index (χ4n) is 3.96. The Balaban J connectivity index is 1.74. The van der Waals surface area contributed by atoms with Crippen molar-refractivity contribution < 1.29 is 43.3 Å². The van der Waals surface area contributed by atoms with E-state index in [4.69, 9.17) is 20.5 Å². The van der Waals surface area contributed by atoms with E-state index in [9.17, 15) is 34.4 Å². The van der Waals surface area contributed by atoms with E-state index < -0.39 is 55.2 Å². The van der Waals surface area contributed by atoms with Crippen LogP contribution in [0.1, 0.15) is 16.7 Å². The van der Waals surface area contributed by atoms with Gasteiger partial charge in [0, 0.05) is 18.1 Å². The number of anilines is 1. The van der Waals surface area contributed by atoms with Crippen molar-refractivity contribution in [1.82, 2.24) is 0 Å². The standard InChI is InChI=1S/C24H20ClF4NO6S2/c1-37(31,32)36-18-10-15-8-9-17(35-14-20-21(25)6-3-7-22(20)26)12-23(15)30(13-18)38(33,34)19-5-2-4-16(11-19)24(27,28)29/h2-9,11-12,18H,10,13-14H2,1H3/t18-/m0/s1. The number of ether oxygens (including phenoxy) is 1. The first-order chi connectivity index (χ1) is 17.6. The molecule has 204 valence electrons. The van der Waals surface area contributed by atoms with Crippen LogP contribution in [0.5, 0.6) is 5.75 Å². The minimum Gasteiger partial charge on any atom is -0.489 e. The lowest BCUT2D eigenvalue weighted by atomic mass is 10.0. The average molecular weight is 594 g/mol. The summed E-state index contributed by atoms with van der Waals surface area (Å²) >= 11 is 6.02. The van der Waals surface area contributed by atoms with Gasteiger partial charge in [0.2, 0.25) is 0 Å². The van der Waals surface area contributed by atoms with Gasteiger partial charge in [0.1, 0.15) is 18.2 Å². The Morgan fingerprint density at radius 1 is 1.03 bits per heavy atom. The van der Waals surface area contributed by atoms with Crippen molar-refractivity contribution >= 4 is 37.4 Å². The molecular weight excluding hydrogens is 574 g/mol. The number of benzene rings is 3. The smallest absolute Gasteiger partial charge is 0.416 e. The molecule has 4 rings (SSSR count). The summed E-state index contributed by atoms with van der Waals surface area (Å²) in [7, 11) is -8.61. The van der Waals surface area contributed by atoms with Gasteiger partial charge in [-0.3, -0.25) is 8.49 Å². The topological polar surface area (TPSA) is 90.0 Å². The molecule has 0 aliphatic carbocycles. The molecule has 0 amide bonds. The third-order valence-electron chi connectivity index (χ3n) is 5.65. The van der Waals surface area contributed by atoms with Crippen molar-refractivity contribution in [2.75, 3.05) is 17.1 Å². The number of hydrogen-bond acceptors (Lipinski definition) is 6. The predicted molar refractivity (Wildman–Crippen MR) is 132 cm³/mol. The maximum absolute atomic E-state index is 14.1. The molecule has 0 saturated carbocycles. The molecule has 14 heteroatoms. The second-order valence-corrected chi connectivity index (χ2v) is 12.3. The van der Waals surface area contributed by atoms with Crippen LogP contribution in [-0.2, 0) is 43.5 Å². The molecule has 0 unspecified atom stereocenters. The molecule has 1 aliphatic rings. The Kier molecular flexibility index (Phi) is 7.67. The van der Waals surface area contributed by atoms with Crippen molar-refractivity contribution in [3.63, 3.8) is 0 Å². The summed E-state index contributed by atoms with van der Waals surface area (Å²) in [4.78, 5) is -0.650. The Hall–Kier alpha value is -2.87. The molecule has 7 nitrogen and oxygen atoms in total. The van der Waals surface area contributed by atoms with Gasteiger partial charge in [0.05, 0.1) is 40.1 Å². The normalized spacial score (nSPS) is 16.3. The highest BCUT2D eigenvalue weighted by Crippen LogP contribution is 2.38. The molecule has 0 radical (unpaired) electrons. The molecule has 0 spiro atoms. The number of alkyl halides is 3. The van der Waals surface area contributed by atoms with Gasteiger partial charge in [0.25, 0.3) is 20.1 Å². The quantitative estimate of drug-likeness (QED) is 0.277.